The van der Waals surface area contributed by atoms with Gasteiger partial charge in [-0.05, 0) is 62.1 Å². The zero-order chi connectivity index (χ0) is 34.0. The first-order valence-corrected chi connectivity index (χ1v) is 18.3. The van der Waals surface area contributed by atoms with E-state index in [1.165, 1.54) is 0 Å². The van der Waals surface area contributed by atoms with Crippen LogP contribution in [0.15, 0.2) is 73.8 Å². The van der Waals surface area contributed by atoms with Crippen LogP contribution in [-0.4, -0.2) is 80.9 Å². The Hall–Kier alpha value is -2.79. The van der Waals surface area contributed by atoms with Gasteiger partial charge in [-0.25, -0.2) is 0 Å². The van der Waals surface area contributed by atoms with Crippen molar-refractivity contribution in [2.45, 2.75) is 60.5 Å². The van der Waals surface area contributed by atoms with Gasteiger partial charge in [-0.2, -0.15) is 0 Å². The van der Waals surface area contributed by atoms with Crippen LogP contribution in [0.2, 0.25) is 5.02 Å². The number of likely N-dealkylation sites (tertiary alicyclic amines) is 1. The monoisotopic (exact) mass is 743 g/mol. The highest BCUT2D eigenvalue weighted by molar-refractivity contribution is 9.09. The van der Waals surface area contributed by atoms with E-state index in [-0.39, 0.29) is 53.4 Å². The third-order valence-corrected chi connectivity index (χ3v) is 12.9. The van der Waals surface area contributed by atoms with Crippen molar-refractivity contribution in [3.05, 3.63) is 78.9 Å². The first-order chi connectivity index (χ1) is 22.5. The number of hydrogen-bond donors (Lipinski definition) is 1. The molecule has 47 heavy (non-hydrogen) atoms. The second-order valence-corrected chi connectivity index (χ2v) is 15.9. The highest BCUT2D eigenvalue weighted by Crippen LogP contribution is 2.68. The average Bonchev–Trinajstić information content (AvgIpc) is 3.65. The molecule has 1 N–H and O–H groups in total. The molecule has 3 unspecified atom stereocenters. The van der Waals surface area contributed by atoms with Crippen LogP contribution in [0, 0.1) is 17.8 Å². The quantitative estimate of drug-likeness (QED) is 0.179. The molecule has 3 aliphatic heterocycles. The van der Waals surface area contributed by atoms with E-state index < -0.39 is 28.7 Å². The van der Waals surface area contributed by atoms with Crippen molar-refractivity contribution in [2.24, 2.45) is 17.8 Å². The summed E-state index contributed by atoms with van der Waals surface area (Å²) in [5.41, 5.74) is 1.19. The van der Waals surface area contributed by atoms with Gasteiger partial charge in [0.15, 0.2) is 0 Å². The number of aliphatic hydroxyl groups excluding tert-OH is 1. The lowest BCUT2D eigenvalue weighted by Gasteiger charge is -2.40. The number of aliphatic hydroxyl groups is 1. The van der Waals surface area contributed by atoms with Gasteiger partial charge in [0.05, 0.1) is 46.5 Å². The zero-order valence-electron chi connectivity index (χ0n) is 27.1. The standard InChI is InChI=1S/C36H43BrClN3O5S/c1-6-17-39(23-13-15-25(16-14-23)46-8-3)33(43)29-30-34(44)41(24(21-42)19-22(4)5)32(36(30)20-26(37)31(29)47-36)35(45)40(18-7-2)28-12-10-9-11-27(28)38/h6-7,9-16,22,24,26,29-32,42H,1-2,8,17-21H2,3-5H3/t24-,26?,29+,30+,31+,32?,36?/m1/s1. The number of anilines is 2. The van der Waals surface area contributed by atoms with Gasteiger partial charge in [0.2, 0.25) is 11.8 Å². The number of carbonyl (C=O) groups excluding carboxylic acids is 3. The highest BCUT2D eigenvalue weighted by Gasteiger charge is 2.76. The fourth-order valence-corrected chi connectivity index (χ4v) is 11.4. The summed E-state index contributed by atoms with van der Waals surface area (Å²) in [4.78, 5) is 49.4. The molecule has 0 aromatic heterocycles. The molecule has 11 heteroatoms. The predicted molar refractivity (Wildman–Crippen MR) is 194 cm³/mol. The number of benzene rings is 2. The molecule has 2 aromatic carbocycles. The second kappa shape index (κ2) is 14.8. The topological polar surface area (TPSA) is 90.4 Å². The molecule has 7 atom stereocenters. The highest BCUT2D eigenvalue weighted by atomic mass is 79.9. The smallest absolute Gasteiger partial charge is 0.251 e. The van der Waals surface area contributed by atoms with Crippen molar-refractivity contribution < 1.29 is 24.2 Å². The van der Waals surface area contributed by atoms with E-state index in [9.17, 15) is 19.5 Å². The Balaban J connectivity index is 1.62. The minimum atomic E-state index is -0.932. The van der Waals surface area contributed by atoms with Gasteiger partial charge in [-0.15, -0.1) is 24.9 Å². The fourth-order valence-electron chi connectivity index (χ4n) is 7.62. The summed E-state index contributed by atoms with van der Waals surface area (Å²) in [5.74, 6) is -1.38. The minimum Gasteiger partial charge on any atom is -0.494 e. The number of hydrogen-bond acceptors (Lipinski definition) is 6. The lowest BCUT2D eigenvalue weighted by molar-refractivity contribution is -0.142. The van der Waals surface area contributed by atoms with Crippen LogP contribution in [-0.2, 0) is 14.4 Å². The molecule has 2 bridgehead atoms. The second-order valence-electron chi connectivity index (χ2n) is 12.7. The molecule has 3 aliphatic rings. The van der Waals surface area contributed by atoms with E-state index in [0.717, 1.165) is 0 Å². The number of alkyl halides is 1. The van der Waals surface area contributed by atoms with Gasteiger partial charge >= 0.3 is 0 Å². The van der Waals surface area contributed by atoms with Crippen LogP contribution in [0.3, 0.4) is 0 Å². The third kappa shape index (κ3) is 6.38. The van der Waals surface area contributed by atoms with Crippen molar-refractivity contribution >= 4 is 68.4 Å². The number of nitrogens with zero attached hydrogens (tertiary/aromatic N) is 3. The molecule has 5 rings (SSSR count). The maximum absolute atomic E-state index is 15.0. The summed E-state index contributed by atoms with van der Waals surface area (Å²) in [6, 6.07) is 12.9. The first kappa shape index (κ1) is 35.5. The Kier molecular flexibility index (Phi) is 11.2. The van der Waals surface area contributed by atoms with Gasteiger partial charge < -0.3 is 24.5 Å². The Morgan fingerprint density at radius 2 is 1.79 bits per heavy atom. The lowest BCUT2D eigenvalue weighted by atomic mass is 9.70. The summed E-state index contributed by atoms with van der Waals surface area (Å²) in [5, 5.41) is 10.9. The summed E-state index contributed by atoms with van der Waals surface area (Å²) >= 11 is 12.1. The average molecular weight is 745 g/mol. The normalized spacial score (nSPS) is 26.7. The molecule has 8 nitrogen and oxygen atoms in total. The zero-order valence-corrected chi connectivity index (χ0v) is 30.2. The summed E-state index contributed by atoms with van der Waals surface area (Å²) in [6.45, 7) is 14.4. The van der Waals surface area contributed by atoms with Gasteiger partial charge in [0.25, 0.3) is 5.91 Å². The van der Waals surface area contributed by atoms with Gasteiger partial charge in [0, 0.05) is 28.9 Å². The van der Waals surface area contributed by atoms with E-state index in [1.54, 1.807) is 56.8 Å². The molecular formula is C36H43BrClN3O5S. The molecule has 2 aromatic rings. The summed E-state index contributed by atoms with van der Waals surface area (Å²) < 4.78 is 4.71. The Labute approximate surface area is 295 Å². The van der Waals surface area contributed by atoms with Crippen molar-refractivity contribution in [1.82, 2.24) is 4.90 Å². The first-order valence-electron chi connectivity index (χ1n) is 16.1. The fraction of sp³-hybridized carbons (Fsp3) is 0.472. The molecule has 252 valence electrons. The maximum Gasteiger partial charge on any atom is 0.251 e. The Morgan fingerprint density at radius 3 is 2.38 bits per heavy atom. The van der Waals surface area contributed by atoms with Crippen molar-refractivity contribution in [3.63, 3.8) is 0 Å². The van der Waals surface area contributed by atoms with E-state index in [2.05, 4.69) is 29.1 Å². The Morgan fingerprint density at radius 1 is 1.13 bits per heavy atom. The number of para-hydroxylation sites is 1. The molecule has 0 radical (unpaired) electrons. The van der Waals surface area contributed by atoms with E-state index in [1.807, 2.05) is 51.1 Å². The van der Waals surface area contributed by atoms with Crippen LogP contribution in [0.1, 0.15) is 33.6 Å². The van der Waals surface area contributed by atoms with Crippen LogP contribution >= 0.6 is 39.3 Å². The number of amides is 3. The number of carbonyl (C=O) groups is 3. The molecule has 0 aliphatic carbocycles. The number of halogens is 2. The van der Waals surface area contributed by atoms with Crippen molar-refractivity contribution in [1.29, 1.82) is 0 Å². The molecular weight excluding hydrogens is 702 g/mol. The molecule has 3 saturated heterocycles. The maximum atomic E-state index is 15.0. The number of rotatable bonds is 14. The number of thioether (sulfide) groups is 1. The lowest BCUT2D eigenvalue weighted by Crippen LogP contribution is -2.58. The van der Waals surface area contributed by atoms with Crippen LogP contribution < -0.4 is 14.5 Å². The van der Waals surface area contributed by atoms with Gasteiger partial charge in [0.1, 0.15) is 11.8 Å². The molecule has 1 spiro atoms. The van der Waals surface area contributed by atoms with Gasteiger partial charge in [-0.3, -0.25) is 14.4 Å². The molecule has 3 fully saturated rings. The molecule has 0 saturated carbocycles. The Bertz CT molecular complexity index is 1510. The van der Waals surface area contributed by atoms with Gasteiger partial charge in [-0.1, -0.05) is 65.7 Å². The third-order valence-electron chi connectivity index (χ3n) is 9.35. The predicted octanol–water partition coefficient (Wildman–Crippen LogP) is 6.35. The largest absolute Gasteiger partial charge is 0.494 e. The molecule has 3 amide bonds. The SMILES string of the molecule is C=CCN(C(=O)[C@H]1[C@H]2C(=O)N([C@@H](CO)CC(C)C)C(C(=O)N(CC=C)c3ccccc3Cl)C23CC(Br)[C@@H]1S3)c1ccc(OCC)cc1. The number of ether oxygens (including phenoxy) is 1. The van der Waals surface area contributed by atoms with E-state index in [4.69, 9.17) is 16.3 Å². The van der Waals surface area contributed by atoms with Crippen molar-refractivity contribution in [2.75, 3.05) is 36.1 Å². The van der Waals surface area contributed by atoms with Crippen LogP contribution in [0.25, 0.3) is 0 Å². The summed E-state index contributed by atoms with van der Waals surface area (Å²) in [6.07, 6.45) is 4.33. The van der Waals surface area contributed by atoms with Crippen molar-refractivity contribution in [3.8, 4) is 5.75 Å². The molecule has 3 heterocycles. The summed E-state index contributed by atoms with van der Waals surface area (Å²) in [7, 11) is 0. The van der Waals surface area contributed by atoms with Crippen LogP contribution in [0.4, 0.5) is 11.4 Å². The minimum absolute atomic E-state index is 0.113. The number of fused-ring (bicyclic) bond motifs is 1. The van der Waals surface area contributed by atoms with E-state index in [0.29, 0.717) is 41.6 Å². The van der Waals surface area contributed by atoms with E-state index >= 15 is 0 Å². The van der Waals surface area contributed by atoms with Crippen LogP contribution in [0.5, 0.6) is 5.75 Å².